The molecule has 1 fully saturated rings. The zero-order valence-corrected chi connectivity index (χ0v) is 10.7. The van der Waals surface area contributed by atoms with Gasteiger partial charge in [-0.25, -0.2) is 4.98 Å². The number of aromatic nitrogens is 2. The minimum atomic E-state index is -0.432. The molecule has 1 aliphatic heterocycles. The number of aliphatic hydroxyl groups is 1. The first-order chi connectivity index (χ1) is 8.20. The lowest BCUT2D eigenvalue weighted by molar-refractivity contribution is -0.0288. The molecule has 0 aliphatic carbocycles. The van der Waals surface area contributed by atoms with Gasteiger partial charge < -0.3 is 14.4 Å². The topological polar surface area (TPSA) is 47.3 Å². The standard InChI is InChI=1S/C13H22N2O2/c1-3-7-15-8-6-14-13(15)9-11(16)12-5-4-10(2)17-12/h6,8,10-12,16H,3-5,7,9H2,1-2H3. The summed E-state index contributed by atoms with van der Waals surface area (Å²) in [5.74, 6) is 0.961. The number of ether oxygens (including phenoxy) is 1. The normalized spacial score (nSPS) is 26.3. The van der Waals surface area contributed by atoms with E-state index in [2.05, 4.69) is 23.4 Å². The first kappa shape index (κ1) is 12.6. The van der Waals surface area contributed by atoms with Crippen LogP contribution in [0, 0.1) is 0 Å². The van der Waals surface area contributed by atoms with Gasteiger partial charge in [0.2, 0.25) is 0 Å². The second-order valence-electron chi connectivity index (χ2n) is 4.87. The van der Waals surface area contributed by atoms with Gasteiger partial charge in [-0.1, -0.05) is 6.92 Å². The third-order valence-electron chi connectivity index (χ3n) is 3.35. The molecule has 3 unspecified atom stereocenters. The molecule has 4 nitrogen and oxygen atoms in total. The Morgan fingerprint density at radius 2 is 2.41 bits per heavy atom. The lowest BCUT2D eigenvalue weighted by Gasteiger charge is -2.18. The average Bonchev–Trinajstić information content (AvgIpc) is 2.89. The Kier molecular flexibility index (Phi) is 4.18. The van der Waals surface area contributed by atoms with E-state index >= 15 is 0 Å². The summed E-state index contributed by atoms with van der Waals surface area (Å²) in [5.41, 5.74) is 0. The van der Waals surface area contributed by atoms with Crippen molar-refractivity contribution >= 4 is 0 Å². The number of imidazole rings is 1. The minimum Gasteiger partial charge on any atom is -0.390 e. The number of hydrogen-bond acceptors (Lipinski definition) is 3. The fraction of sp³-hybridized carbons (Fsp3) is 0.769. The molecule has 0 saturated carbocycles. The maximum absolute atomic E-state index is 10.2. The van der Waals surface area contributed by atoms with E-state index in [1.807, 2.05) is 6.20 Å². The van der Waals surface area contributed by atoms with Gasteiger partial charge in [0.25, 0.3) is 0 Å². The van der Waals surface area contributed by atoms with Crippen molar-refractivity contribution in [1.29, 1.82) is 0 Å². The van der Waals surface area contributed by atoms with Crippen molar-refractivity contribution < 1.29 is 9.84 Å². The molecule has 4 heteroatoms. The van der Waals surface area contributed by atoms with Crippen molar-refractivity contribution in [3.8, 4) is 0 Å². The van der Waals surface area contributed by atoms with Crippen molar-refractivity contribution in [3.05, 3.63) is 18.2 Å². The lowest BCUT2D eigenvalue weighted by atomic mass is 10.1. The fourth-order valence-corrected chi connectivity index (χ4v) is 2.41. The average molecular weight is 238 g/mol. The Hall–Kier alpha value is -0.870. The summed E-state index contributed by atoms with van der Waals surface area (Å²) in [4.78, 5) is 4.31. The van der Waals surface area contributed by atoms with E-state index in [9.17, 15) is 5.11 Å². The summed E-state index contributed by atoms with van der Waals surface area (Å²) in [5, 5.41) is 10.2. The molecular formula is C13H22N2O2. The summed E-state index contributed by atoms with van der Waals surface area (Å²) in [6, 6.07) is 0. The van der Waals surface area contributed by atoms with Crippen LogP contribution in [0.2, 0.25) is 0 Å². The number of aliphatic hydroxyl groups excluding tert-OH is 1. The van der Waals surface area contributed by atoms with Crippen LogP contribution >= 0.6 is 0 Å². The minimum absolute atomic E-state index is 0.0169. The van der Waals surface area contributed by atoms with E-state index in [1.165, 1.54) is 0 Å². The Labute approximate surface area is 103 Å². The zero-order valence-electron chi connectivity index (χ0n) is 10.7. The van der Waals surface area contributed by atoms with Gasteiger partial charge in [-0.3, -0.25) is 0 Å². The van der Waals surface area contributed by atoms with Crippen LogP contribution < -0.4 is 0 Å². The second kappa shape index (κ2) is 5.65. The van der Waals surface area contributed by atoms with Crippen LogP contribution in [-0.2, 0) is 17.7 Å². The molecule has 0 amide bonds. The maximum atomic E-state index is 10.2. The van der Waals surface area contributed by atoms with Crippen molar-refractivity contribution in [3.63, 3.8) is 0 Å². The predicted octanol–water partition coefficient (Wildman–Crippen LogP) is 1.76. The lowest BCUT2D eigenvalue weighted by Crippen LogP contribution is -2.29. The molecule has 0 radical (unpaired) electrons. The molecule has 0 bridgehead atoms. The Bertz CT molecular complexity index is 351. The fourth-order valence-electron chi connectivity index (χ4n) is 2.41. The van der Waals surface area contributed by atoms with Gasteiger partial charge in [-0.15, -0.1) is 0 Å². The largest absolute Gasteiger partial charge is 0.390 e. The summed E-state index contributed by atoms with van der Waals surface area (Å²) in [7, 11) is 0. The Morgan fingerprint density at radius 1 is 1.59 bits per heavy atom. The highest BCUT2D eigenvalue weighted by atomic mass is 16.5. The van der Waals surface area contributed by atoms with Gasteiger partial charge in [0.05, 0.1) is 18.3 Å². The van der Waals surface area contributed by atoms with Crippen molar-refractivity contribution in [1.82, 2.24) is 9.55 Å². The van der Waals surface area contributed by atoms with Crippen LogP contribution in [0.15, 0.2) is 12.4 Å². The molecule has 0 spiro atoms. The van der Waals surface area contributed by atoms with E-state index in [4.69, 9.17) is 4.74 Å². The highest BCUT2D eigenvalue weighted by molar-refractivity contribution is 4.96. The molecule has 17 heavy (non-hydrogen) atoms. The molecule has 2 rings (SSSR count). The summed E-state index contributed by atoms with van der Waals surface area (Å²) in [6.07, 6.45) is 7.28. The maximum Gasteiger partial charge on any atom is 0.111 e. The highest BCUT2D eigenvalue weighted by Crippen LogP contribution is 2.23. The van der Waals surface area contributed by atoms with E-state index in [0.717, 1.165) is 31.6 Å². The van der Waals surface area contributed by atoms with Gasteiger partial charge in [-0.05, 0) is 26.2 Å². The molecule has 1 N–H and O–H groups in total. The SMILES string of the molecule is CCCn1ccnc1CC(O)C1CCC(C)O1. The third kappa shape index (κ3) is 3.07. The van der Waals surface area contributed by atoms with Crippen LogP contribution in [0.25, 0.3) is 0 Å². The predicted molar refractivity (Wildman–Crippen MR) is 65.8 cm³/mol. The first-order valence-electron chi connectivity index (χ1n) is 6.54. The summed E-state index contributed by atoms with van der Waals surface area (Å²) in [6.45, 7) is 5.16. The van der Waals surface area contributed by atoms with Crippen LogP contribution in [0.1, 0.15) is 38.9 Å². The molecule has 1 aliphatic rings. The van der Waals surface area contributed by atoms with Crippen LogP contribution in [0.3, 0.4) is 0 Å². The number of nitrogens with zero attached hydrogens (tertiary/aromatic N) is 2. The van der Waals surface area contributed by atoms with Crippen molar-refractivity contribution in [2.24, 2.45) is 0 Å². The molecular weight excluding hydrogens is 216 g/mol. The molecule has 2 heterocycles. The smallest absolute Gasteiger partial charge is 0.111 e. The molecule has 1 aromatic heterocycles. The van der Waals surface area contributed by atoms with E-state index in [1.54, 1.807) is 6.20 Å². The Morgan fingerprint density at radius 3 is 3.06 bits per heavy atom. The molecule has 3 atom stereocenters. The monoisotopic (exact) mass is 238 g/mol. The zero-order chi connectivity index (χ0) is 12.3. The van der Waals surface area contributed by atoms with Gasteiger partial charge in [0.15, 0.2) is 0 Å². The van der Waals surface area contributed by atoms with Gasteiger partial charge in [-0.2, -0.15) is 0 Å². The van der Waals surface area contributed by atoms with E-state index in [-0.39, 0.29) is 12.2 Å². The van der Waals surface area contributed by atoms with Gasteiger partial charge in [0.1, 0.15) is 5.82 Å². The van der Waals surface area contributed by atoms with Crippen molar-refractivity contribution in [2.45, 2.75) is 64.4 Å². The van der Waals surface area contributed by atoms with Gasteiger partial charge >= 0.3 is 0 Å². The molecule has 0 aromatic carbocycles. The molecule has 96 valence electrons. The highest BCUT2D eigenvalue weighted by Gasteiger charge is 2.29. The van der Waals surface area contributed by atoms with Crippen LogP contribution in [0.4, 0.5) is 0 Å². The quantitative estimate of drug-likeness (QED) is 0.850. The summed E-state index contributed by atoms with van der Waals surface area (Å²) < 4.78 is 7.80. The molecule has 1 aromatic rings. The van der Waals surface area contributed by atoms with Crippen molar-refractivity contribution in [2.75, 3.05) is 0 Å². The number of rotatable bonds is 5. The van der Waals surface area contributed by atoms with Crippen LogP contribution in [0.5, 0.6) is 0 Å². The van der Waals surface area contributed by atoms with Crippen LogP contribution in [-0.4, -0.2) is 33.0 Å². The van der Waals surface area contributed by atoms with E-state index in [0.29, 0.717) is 6.42 Å². The third-order valence-corrected chi connectivity index (χ3v) is 3.35. The Balaban J connectivity index is 1.93. The number of aryl methyl sites for hydroxylation is 1. The number of hydrogen-bond donors (Lipinski definition) is 1. The first-order valence-corrected chi connectivity index (χ1v) is 6.54. The van der Waals surface area contributed by atoms with E-state index < -0.39 is 6.10 Å². The second-order valence-corrected chi connectivity index (χ2v) is 4.87. The van der Waals surface area contributed by atoms with Gasteiger partial charge in [0, 0.05) is 25.4 Å². The molecule has 1 saturated heterocycles. The summed E-state index contributed by atoms with van der Waals surface area (Å²) >= 11 is 0.